The summed E-state index contributed by atoms with van der Waals surface area (Å²) in [7, 11) is 0. The van der Waals surface area contributed by atoms with E-state index in [1.807, 2.05) is 31.2 Å². The van der Waals surface area contributed by atoms with Crippen molar-refractivity contribution in [2.24, 2.45) is 0 Å². The van der Waals surface area contributed by atoms with E-state index in [1.165, 1.54) is 0 Å². The number of nitrogens with zero attached hydrogens (tertiary/aromatic N) is 4. The standard InChI is InChI=1S/C26H26N6O3/c1-16-15-31(25(34)17-5-3-2-4-6-17)11-12-32(16)26(35)24(33)20-14-30-23-19(20)9-10-28-22(23)18-7-8-21(27)29-13-18/h2-10,13,16,20,30H,11-12,14-15H2,1H3,(H2,27,29). The van der Waals surface area contributed by atoms with Crippen molar-refractivity contribution in [3.63, 3.8) is 0 Å². The van der Waals surface area contributed by atoms with Gasteiger partial charge in [0, 0.05) is 55.7 Å². The molecular formula is C26H26N6O3. The molecule has 0 spiro atoms. The van der Waals surface area contributed by atoms with Gasteiger partial charge >= 0.3 is 0 Å². The van der Waals surface area contributed by atoms with E-state index in [2.05, 4.69) is 15.3 Å². The number of benzene rings is 1. The van der Waals surface area contributed by atoms with Gasteiger partial charge in [-0.25, -0.2) is 4.98 Å². The number of nitrogen functional groups attached to an aromatic ring is 1. The number of amides is 2. The molecule has 9 nitrogen and oxygen atoms in total. The van der Waals surface area contributed by atoms with Crippen LogP contribution in [0.5, 0.6) is 0 Å². The van der Waals surface area contributed by atoms with E-state index in [0.29, 0.717) is 43.3 Å². The number of fused-ring (bicyclic) bond motifs is 1. The van der Waals surface area contributed by atoms with Crippen LogP contribution in [0.15, 0.2) is 60.9 Å². The van der Waals surface area contributed by atoms with Crippen LogP contribution in [0.3, 0.4) is 0 Å². The highest BCUT2D eigenvalue weighted by Crippen LogP contribution is 2.38. The SMILES string of the molecule is CC1CN(C(=O)c2ccccc2)CCN1C(=O)C(=O)C1CNc2c1ccnc2-c1ccc(N)nc1. The summed E-state index contributed by atoms with van der Waals surface area (Å²) >= 11 is 0. The molecule has 2 aliphatic heterocycles. The first-order chi connectivity index (χ1) is 16.9. The van der Waals surface area contributed by atoms with Gasteiger partial charge in [-0.2, -0.15) is 0 Å². The molecule has 1 fully saturated rings. The van der Waals surface area contributed by atoms with Crippen LogP contribution in [-0.2, 0) is 9.59 Å². The maximum Gasteiger partial charge on any atom is 0.291 e. The molecule has 2 atom stereocenters. The van der Waals surface area contributed by atoms with E-state index in [0.717, 1.165) is 16.8 Å². The summed E-state index contributed by atoms with van der Waals surface area (Å²) in [5.41, 5.74) is 9.23. The van der Waals surface area contributed by atoms with Crippen molar-refractivity contribution >= 4 is 29.1 Å². The molecule has 0 bridgehead atoms. The van der Waals surface area contributed by atoms with Crippen molar-refractivity contribution in [2.75, 3.05) is 37.2 Å². The van der Waals surface area contributed by atoms with E-state index in [9.17, 15) is 14.4 Å². The summed E-state index contributed by atoms with van der Waals surface area (Å²) in [5.74, 6) is -1.23. The number of carbonyl (C=O) groups excluding carboxylic acids is 3. The first-order valence-electron chi connectivity index (χ1n) is 11.6. The average molecular weight is 471 g/mol. The summed E-state index contributed by atoms with van der Waals surface area (Å²) in [4.78, 5) is 51.3. The Hall–Kier alpha value is -4.27. The third-order valence-corrected chi connectivity index (χ3v) is 6.62. The lowest BCUT2D eigenvalue weighted by molar-refractivity contribution is -0.148. The highest BCUT2D eigenvalue weighted by Gasteiger charge is 2.39. The number of piperazine rings is 1. The minimum Gasteiger partial charge on any atom is -0.384 e. The molecule has 0 aliphatic carbocycles. The van der Waals surface area contributed by atoms with Crippen molar-refractivity contribution in [1.29, 1.82) is 0 Å². The van der Waals surface area contributed by atoms with Gasteiger partial charge in [0.25, 0.3) is 11.8 Å². The molecule has 0 radical (unpaired) electrons. The first-order valence-corrected chi connectivity index (χ1v) is 11.6. The van der Waals surface area contributed by atoms with Gasteiger partial charge in [0.15, 0.2) is 0 Å². The lowest BCUT2D eigenvalue weighted by atomic mass is 9.94. The van der Waals surface area contributed by atoms with Crippen molar-refractivity contribution in [3.8, 4) is 11.3 Å². The summed E-state index contributed by atoms with van der Waals surface area (Å²) in [6.45, 7) is 3.27. The van der Waals surface area contributed by atoms with Crippen molar-refractivity contribution in [2.45, 2.75) is 18.9 Å². The molecule has 3 N–H and O–H groups in total. The fourth-order valence-electron chi connectivity index (χ4n) is 4.76. The molecule has 0 saturated carbocycles. The quantitative estimate of drug-likeness (QED) is 0.561. The van der Waals surface area contributed by atoms with E-state index in [1.54, 1.807) is 46.5 Å². The van der Waals surface area contributed by atoms with Crippen LogP contribution in [0.25, 0.3) is 11.3 Å². The van der Waals surface area contributed by atoms with Gasteiger partial charge in [-0.1, -0.05) is 18.2 Å². The number of aromatic nitrogens is 2. The van der Waals surface area contributed by atoms with Crippen LogP contribution in [0.4, 0.5) is 11.5 Å². The predicted molar refractivity (Wildman–Crippen MR) is 132 cm³/mol. The van der Waals surface area contributed by atoms with Gasteiger partial charge in [-0.05, 0) is 42.8 Å². The predicted octanol–water partition coefficient (Wildman–Crippen LogP) is 2.18. The van der Waals surface area contributed by atoms with Crippen molar-refractivity contribution in [1.82, 2.24) is 19.8 Å². The summed E-state index contributed by atoms with van der Waals surface area (Å²) in [6.07, 6.45) is 3.27. The monoisotopic (exact) mass is 470 g/mol. The maximum absolute atomic E-state index is 13.3. The van der Waals surface area contributed by atoms with Gasteiger partial charge in [-0.15, -0.1) is 0 Å². The summed E-state index contributed by atoms with van der Waals surface area (Å²) in [5, 5.41) is 3.26. The Kier molecular flexibility index (Phi) is 5.90. The molecular weight excluding hydrogens is 444 g/mol. The average Bonchev–Trinajstić information content (AvgIpc) is 3.33. The Morgan fingerprint density at radius 3 is 2.54 bits per heavy atom. The van der Waals surface area contributed by atoms with Crippen LogP contribution in [0, 0.1) is 0 Å². The largest absolute Gasteiger partial charge is 0.384 e. The topological polar surface area (TPSA) is 122 Å². The number of hydrogen-bond donors (Lipinski definition) is 2. The smallest absolute Gasteiger partial charge is 0.291 e. The molecule has 1 aromatic carbocycles. The molecule has 1 saturated heterocycles. The van der Waals surface area contributed by atoms with Crippen LogP contribution in [-0.4, -0.2) is 69.6 Å². The molecule has 3 aromatic rings. The minimum atomic E-state index is -0.600. The van der Waals surface area contributed by atoms with Crippen LogP contribution >= 0.6 is 0 Å². The molecule has 35 heavy (non-hydrogen) atoms. The normalized spacial score (nSPS) is 19.1. The fraction of sp³-hybridized carbons (Fsp3) is 0.269. The molecule has 4 heterocycles. The second-order valence-electron chi connectivity index (χ2n) is 8.86. The lowest BCUT2D eigenvalue weighted by Crippen LogP contribution is -2.57. The number of pyridine rings is 2. The number of Topliss-reactive ketones (excluding diaryl/α,β-unsaturated/α-hetero) is 1. The molecule has 9 heteroatoms. The molecule has 2 aliphatic rings. The van der Waals surface area contributed by atoms with E-state index in [4.69, 9.17) is 5.73 Å². The lowest BCUT2D eigenvalue weighted by Gasteiger charge is -2.39. The van der Waals surface area contributed by atoms with Crippen LogP contribution < -0.4 is 11.1 Å². The maximum atomic E-state index is 13.3. The molecule has 2 aromatic heterocycles. The molecule has 5 rings (SSSR count). The number of nitrogens with two attached hydrogens (primary N) is 1. The van der Waals surface area contributed by atoms with Crippen molar-refractivity contribution in [3.05, 3.63) is 72.1 Å². The summed E-state index contributed by atoms with van der Waals surface area (Å²) in [6, 6.07) is 14.1. The van der Waals surface area contributed by atoms with E-state index in [-0.39, 0.29) is 11.9 Å². The number of nitrogens with one attached hydrogen (secondary N) is 1. The first kappa shape index (κ1) is 22.5. The second kappa shape index (κ2) is 9.17. The number of ketones is 1. The van der Waals surface area contributed by atoms with Crippen LogP contribution in [0.1, 0.15) is 28.8 Å². The number of carbonyl (C=O) groups is 3. The van der Waals surface area contributed by atoms with Gasteiger partial charge in [0.2, 0.25) is 5.78 Å². The zero-order valence-electron chi connectivity index (χ0n) is 19.3. The number of rotatable bonds is 4. The van der Waals surface area contributed by atoms with Crippen molar-refractivity contribution < 1.29 is 14.4 Å². The third kappa shape index (κ3) is 4.21. The second-order valence-corrected chi connectivity index (χ2v) is 8.86. The van der Waals surface area contributed by atoms with Gasteiger partial charge in [-0.3, -0.25) is 19.4 Å². The fourth-order valence-corrected chi connectivity index (χ4v) is 4.76. The Labute approximate surface area is 203 Å². The Morgan fingerprint density at radius 2 is 1.83 bits per heavy atom. The van der Waals surface area contributed by atoms with Gasteiger partial charge in [0.1, 0.15) is 5.82 Å². The third-order valence-electron chi connectivity index (χ3n) is 6.62. The Balaban J connectivity index is 1.30. The number of hydrogen-bond acceptors (Lipinski definition) is 7. The Morgan fingerprint density at radius 1 is 1.03 bits per heavy atom. The van der Waals surface area contributed by atoms with Crippen LogP contribution in [0.2, 0.25) is 0 Å². The molecule has 178 valence electrons. The van der Waals surface area contributed by atoms with Gasteiger partial charge < -0.3 is 20.9 Å². The number of anilines is 2. The molecule has 2 unspecified atom stereocenters. The minimum absolute atomic E-state index is 0.0676. The molecule has 2 amide bonds. The highest BCUT2D eigenvalue weighted by molar-refractivity contribution is 6.38. The van der Waals surface area contributed by atoms with E-state index < -0.39 is 17.6 Å². The summed E-state index contributed by atoms with van der Waals surface area (Å²) < 4.78 is 0. The highest BCUT2D eigenvalue weighted by atomic mass is 16.2. The Bertz CT molecular complexity index is 1280. The zero-order chi connectivity index (χ0) is 24.5. The van der Waals surface area contributed by atoms with Gasteiger partial charge in [0.05, 0.1) is 17.3 Å². The van der Waals surface area contributed by atoms with E-state index >= 15 is 0 Å². The zero-order valence-corrected chi connectivity index (χ0v) is 19.3.